The Hall–Kier alpha value is -2.41. The van der Waals surface area contributed by atoms with Crippen LogP contribution in [0.5, 0.6) is 0 Å². The molecule has 0 aliphatic carbocycles. The summed E-state index contributed by atoms with van der Waals surface area (Å²) in [7, 11) is 7.37. The van der Waals surface area contributed by atoms with Crippen molar-refractivity contribution in [3.63, 3.8) is 0 Å². The normalized spacial score (nSPS) is 12.0. The van der Waals surface area contributed by atoms with E-state index >= 15 is 0 Å². The molecule has 0 aliphatic rings. The average Bonchev–Trinajstić information content (AvgIpc) is 2.86. The molecule has 0 bridgehead atoms. The maximum Gasteiger partial charge on any atom is 0.246 e. The fraction of sp³-hybridized carbons (Fsp3) is 0.357. The van der Waals surface area contributed by atoms with Crippen molar-refractivity contribution in [2.75, 3.05) is 31.4 Å². The van der Waals surface area contributed by atoms with Gasteiger partial charge in [-0.3, -0.25) is 9.48 Å². The van der Waals surface area contributed by atoms with Gasteiger partial charge in [-0.25, -0.2) is 4.98 Å². The molecular weight excluding hydrogens is 268 g/mol. The van der Waals surface area contributed by atoms with Gasteiger partial charge in [0.1, 0.15) is 11.9 Å². The Morgan fingerprint density at radius 1 is 1.43 bits per heavy atom. The first-order valence-electron chi connectivity index (χ1n) is 6.61. The molecule has 1 unspecified atom stereocenters. The summed E-state index contributed by atoms with van der Waals surface area (Å²) in [6.07, 6.45) is 5.17. The van der Waals surface area contributed by atoms with Gasteiger partial charge in [0, 0.05) is 50.9 Å². The van der Waals surface area contributed by atoms with Crippen molar-refractivity contribution in [2.24, 2.45) is 7.05 Å². The van der Waals surface area contributed by atoms with Gasteiger partial charge in [-0.2, -0.15) is 5.10 Å². The smallest absolute Gasteiger partial charge is 0.246 e. The van der Waals surface area contributed by atoms with Crippen LogP contribution >= 0.6 is 0 Å². The summed E-state index contributed by atoms with van der Waals surface area (Å²) in [6, 6.07) is 3.14. The van der Waals surface area contributed by atoms with Crippen LogP contribution in [0.25, 0.3) is 0 Å². The number of pyridine rings is 1. The number of nitrogens with one attached hydrogen (secondary N) is 2. The number of nitrogens with zero attached hydrogens (tertiary/aromatic N) is 4. The van der Waals surface area contributed by atoms with Gasteiger partial charge in [-0.15, -0.1) is 0 Å². The summed E-state index contributed by atoms with van der Waals surface area (Å²) in [4.78, 5) is 18.5. The lowest BCUT2D eigenvalue weighted by atomic mass is 10.1. The second-order valence-corrected chi connectivity index (χ2v) is 4.96. The molecule has 0 saturated heterocycles. The van der Waals surface area contributed by atoms with Crippen molar-refractivity contribution in [3.05, 3.63) is 36.3 Å². The van der Waals surface area contributed by atoms with Crippen LogP contribution in [0.3, 0.4) is 0 Å². The van der Waals surface area contributed by atoms with Crippen molar-refractivity contribution in [2.45, 2.75) is 6.04 Å². The third-order valence-electron chi connectivity index (χ3n) is 3.08. The molecule has 7 heteroatoms. The fourth-order valence-corrected chi connectivity index (χ4v) is 1.99. The van der Waals surface area contributed by atoms with Gasteiger partial charge in [0.15, 0.2) is 0 Å². The van der Waals surface area contributed by atoms with Gasteiger partial charge in [0.2, 0.25) is 5.91 Å². The lowest BCUT2D eigenvalue weighted by Crippen LogP contribution is -2.30. The van der Waals surface area contributed by atoms with E-state index in [9.17, 15) is 4.79 Å². The monoisotopic (exact) mass is 288 g/mol. The fourth-order valence-electron chi connectivity index (χ4n) is 1.99. The highest BCUT2D eigenvalue weighted by Crippen LogP contribution is 2.17. The van der Waals surface area contributed by atoms with Crippen LogP contribution in [0.4, 0.5) is 11.5 Å². The summed E-state index contributed by atoms with van der Waals surface area (Å²) in [5, 5.41) is 9.98. The summed E-state index contributed by atoms with van der Waals surface area (Å²) in [5.41, 5.74) is 1.53. The second-order valence-electron chi connectivity index (χ2n) is 4.96. The molecule has 7 nitrogen and oxygen atoms in total. The lowest BCUT2D eigenvalue weighted by Gasteiger charge is -2.16. The van der Waals surface area contributed by atoms with E-state index in [1.54, 1.807) is 30.2 Å². The number of likely N-dealkylation sites (N-methyl/N-ethyl adjacent to an activating group) is 1. The highest BCUT2D eigenvalue weighted by atomic mass is 16.2. The van der Waals surface area contributed by atoms with Crippen molar-refractivity contribution >= 4 is 17.4 Å². The van der Waals surface area contributed by atoms with Crippen LogP contribution in [-0.4, -0.2) is 41.8 Å². The molecule has 2 rings (SSSR count). The minimum atomic E-state index is -0.449. The minimum absolute atomic E-state index is 0.138. The summed E-state index contributed by atoms with van der Waals surface area (Å²) in [5.74, 6) is 0.650. The second kappa shape index (κ2) is 6.36. The summed E-state index contributed by atoms with van der Waals surface area (Å²) >= 11 is 0. The molecule has 112 valence electrons. The predicted molar refractivity (Wildman–Crippen MR) is 82.2 cm³/mol. The number of anilines is 2. The molecule has 1 amide bonds. The Morgan fingerprint density at radius 3 is 2.76 bits per heavy atom. The topological polar surface area (TPSA) is 75.1 Å². The molecular formula is C14H20N6O. The van der Waals surface area contributed by atoms with E-state index in [4.69, 9.17) is 0 Å². The molecule has 0 spiro atoms. The van der Waals surface area contributed by atoms with Crippen LogP contribution in [-0.2, 0) is 11.8 Å². The zero-order chi connectivity index (χ0) is 15.4. The molecule has 2 aromatic heterocycles. The van der Waals surface area contributed by atoms with E-state index < -0.39 is 6.04 Å². The first kappa shape index (κ1) is 15.0. The molecule has 2 aromatic rings. The molecule has 0 saturated carbocycles. The van der Waals surface area contributed by atoms with Gasteiger partial charge < -0.3 is 15.5 Å². The maximum atomic E-state index is 12.4. The van der Waals surface area contributed by atoms with Gasteiger partial charge in [-0.1, -0.05) is 0 Å². The standard InChI is InChI=1S/C14H20N6O/c1-15-13(10-8-17-20(4)9-10)14(21)18-11-5-6-16-12(7-11)19(2)3/h5-9,13,15H,1-4H3,(H,16,18,21). The molecule has 0 radical (unpaired) electrons. The molecule has 0 aromatic carbocycles. The number of aryl methyl sites for hydroxylation is 1. The number of rotatable bonds is 5. The third-order valence-corrected chi connectivity index (χ3v) is 3.08. The average molecular weight is 288 g/mol. The molecule has 21 heavy (non-hydrogen) atoms. The van der Waals surface area contributed by atoms with Crippen LogP contribution in [0.15, 0.2) is 30.7 Å². The molecule has 0 fully saturated rings. The van der Waals surface area contributed by atoms with E-state index in [-0.39, 0.29) is 5.91 Å². The summed E-state index contributed by atoms with van der Waals surface area (Å²) in [6.45, 7) is 0. The van der Waals surface area contributed by atoms with E-state index in [0.29, 0.717) is 5.69 Å². The number of amides is 1. The Morgan fingerprint density at radius 2 is 2.19 bits per heavy atom. The van der Waals surface area contributed by atoms with Crippen molar-refractivity contribution < 1.29 is 4.79 Å². The van der Waals surface area contributed by atoms with Crippen LogP contribution in [0.2, 0.25) is 0 Å². The Bertz CT molecular complexity index is 621. The minimum Gasteiger partial charge on any atom is -0.363 e. The molecule has 2 N–H and O–H groups in total. The van der Waals surface area contributed by atoms with Gasteiger partial charge >= 0.3 is 0 Å². The number of carbonyl (C=O) groups excluding carboxylic acids is 1. The van der Waals surface area contributed by atoms with Crippen LogP contribution < -0.4 is 15.5 Å². The van der Waals surface area contributed by atoms with E-state index in [2.05, 4.69) is 20.7 Å². The number of aromatic nitrogens is 3. The van der Waals surface area contributed by atoms with Crippen LogP contribution in [0.1, 0.15) is 11.6 Å². The van der Waals surface area contributed by atoms with Crippen LogP contribution in [0, 0.1) is 0 Å². The van der Waals surface area contributed by atoms with Gasteiger partial charge in [0.25, 0.3) is 0 Å². The lowest BCUT2D eigenvalue weighted by molar-refractivity contribution is -0.118. The van der Waals surface area contributed by atoms with Crippen molar-refractivity contribution in [1.29, 1.82) is 0 Å². The quantitative estimate of drug-likeness (QED) is 0.850. The first-order chi connectivity index (χ1) is 10.0. The highest BCUT2D eigenvalue weighted by Gasteiger charge is 2.20. The number of hydrogen-bond donors (Lipinski definition) is 2. The van der Waals surface area contributed by atoms with Gasteiger partial charge in [-0.05, 0) is 13.1 Å². The number of carbonyl (C=O) groups is 1. The molecule has 0 aliphatic heterocycles. The molecule has 2 heterocycles. The van der Waals surface area contributed by atoms with Gasteiger partial charge in [0.05, 0.1) is 6.20 Å². The Labute approximate surface area is 124 Å². The first-order valence-corrected chi connectivity index (χ1v) is 6.61. The third kappa shape index (κ3) is 3.57. The molecule has 1 atom stereocenters. The van der Waals surface area contributed by atoms with Crippen molar-refractivity contribution in [3.8, 4) is 0 Å². The highest BCUT2D eigenvalue weighted by molar-refractivity contribution is 5.95. The largest absolute Gasteiger partial charge is 0.363 e. The Balaban J connectivity index is 2.14. The number of hydrogen-bond acceptors (Lipinski definition) is 5. The van der Waals surface area contributed by atoms with E-state index in [0.717, 1.165) is 11.4 Å². The zero-order valence-corrected chi connectivity index (χ0v) is 12.7. The summed E-state index contributed by atoms with van der Waals surface area (Å²) < 4.78 is 1.67. The Kier molecular flexibility index (Phi) is 4.54. The predicted octanol–water partition coefficient (Wildman–Crippen LogP) is 0.780. The zero-order valence-electron chi connectivity index (χ0n) is 12.7. The SMILES string of the molecule is CNC(C(=O)Nc1ccnc(N(C)C)c1)c1cnn(C)c1. The van der Waals surface area contributed by atoms with E-state index in [1.807, 2.05) is 38.3 Å². The van der Waals surface area contributed by atoms with E-state index in [1.165, 1.54) is 0 Å². The van der Waals surface area contributed by atoms with Crippen molar-refractivity contribution in [1.82, 2.24) is 20.1 Å². The maximum absolute atomic E-state index is 12.4.